The summed E-state index contributed by atoms with van der Waals surface area (Å²) < 4.78 is 0. The lowest BCUT2D eigenvalue weighted by Gasteiger charge is -2.11. The fourth-order valence-electron chi connectivity index (χ4n) is 1.74. The number of hydrogen-bond acceptors (Lipinski definition) is 5. The van der Waals surface area contributed by atoms with Gasteiger partial charge in [-0.1, -0.05) is 13.0 Å². The highest BCUT2D eigenvalue weighted by Gasteiger charge is 2.16. The van der Waals surface area contributed by atoms with Crippen LogP contribution in [0.25, 0.3) is 0 Å². The molecule has 20 heavy (non-hydrogen) atoms. The van der Waals surface area contributed by atoms with Gasteiger partial charge in [0.25, 0.3) is 5.91 Å². The normalized spacial score (nSPS) is 12.1. The number of aromatic nitrogens is 1. The molecule has 1 aromatic heterocycles. The highest BCUT2D eigenvalue weighted by atomic mass is 32.1. The standard InChI is InChI=1S/C14H16N2O3S/c1-8(14-16-7-9(2)20-14)6-15-13(19)10-4-3-5-11(17)12(10)18/h3-5,7-8,17-18H,6H2,1-2H3,(H,15,19). The summed E-state index contributed by atoms with van der Waals surface area (Å²) in [5.41, 5.74) is 0.0625. The lowest BCUT2D eigenvalue weighted by molar-refractivity contribution is 0.0948. The number of thiazole rings is 1. The second kappa shape index (κ2) is 5.92. The number of nitrogens with one attached hydrogen (secondary N) is 1. The molecule has 1 aromatic carbocycles. The fourth-order valence-corrected chi connectivity index (χ4v) is 2.57. The van der Waals surface area contributed by atoms with E-state index in [0.717, 1.165) is 9.88 Å². The maximum atomic E-state index is 12.0. The Morgan fingerprint density at radius 2 is 2.20 bits per heavy atom. The van der Waals surface area contributed by atoms with E-state index in [1.807, 2.05) is 13.8 Å². The molecule has 0 saturated heterocycles. The molecule has 2 rings (SSSR count). The zero-order chi connectivity index (χ0) is 14.7. The fraction of sp³-hybridized carbons (Fsp3) is 0.286. The molecular formula is C14H16N2O3S. The average molecular weight is 292 g/mol. The molecule has 0 aliphatic rings. The minimum Gasteiger partial charge on any atom is -0.504 e. The van der Waals surface area contributed by atoms with Crippen LogP contribution in [0.1, 0.15) is 33.1 Å². The van der Waals surface area contributed by atoms with Crippen LogP contribution in [-0.2, 0) is 0 Å². The van der Waals surface area contributed by atoms with Crippen LogP contribution in [0.2, 0.25) is 0 Å². The maximum Gasteiger partial charge on any atom is 0.255 e. The van der Waals surface area contributed by atoms with E-state index in [0.29, 0.717) is 6.54 Å². The molecule has 1 unspecified atom stereocenters. The Bertz CT molecular complexity index is 625. The van der Waals surface area contributed by atoms with Gasteiger partial charge in [-0.25, -0.2) is 4.98 Å². The van der Waals surface area contributed by atoms with Crippen molar-refractivity contribution in [1.29, 1.82) is 0 Å². The van der Waals surface area contributed by atoms with E-state index in [1.165, 1.54) is 18.2 Å². The Hall–Kier alpha value is -2.08. The number of carbonyl (C=O) groups is 1. The molecule has 0 radical (unpaired) electrons. The van der Waals surface area contributed by atoms with Crippen molar-refractivity contribution in [3.05, 3.63) is 39.8 Å². The molecule has 0 fully saturated rings. The minimum absolute atomic E-state index is 0.0625. The molecule has 3 N–H and O–H groups in total. The highest BCUT2D eigenvalue weighted by Crippen LogP contribution is 2.28. The van der Waals surface area contributed by atoms with Crippen LogP contribution in [0.15, 0.2) is 24.4 Å². The van der Waals surface area contributed by atoms with Crippen molar-refractivity contribution in [2.75, 3.05) is 6.54 Å². The Morgan fingerprint density at radius 3 is 2.85 bits per heavy atom. The molecule has 0 aliphatic heterocycles. The first-order valence-electron chi connectivity index (χ1n) is 6.20. The van der Waals surface area contributed by atoms with Gasteiger partial charge < -0.3 is 15.5 Å². The smallest absolute Gasteiger partial charge is 0.255 e. The largest absolute Gasteiger partial charge is 0.504 e. The van der Waals surface area contributed by atoms with Crippen LogP contribution in [-0.4, -0.2) is 27.6 Å². The Balaban J connectivity index is 2.00. The number of phenolic OH excluding ortho intramolecular Hbond substituents is 2. The van der Waals surface area contributed by atoms with Gasteiger partial charge in [-0.2, -0.15) is 0 Å². The highest BCUT2D eigenvalue weighted by molar-refractivity contribution is 7.11. The van der Waals surface area contributed by atoms with Crippen molar-refractivity contribution in [3.8, 4) is 11.5 Å². The summed E-state index contributed by atoms with van der Waals surface area (Å²) in [7, 11) is 0. The summed E-state index contributed by atoms with van der Waals surface area (Å²) in [5.74, 6) is -1.03. The van der Waals surface area contributed by atoms with Crippen molar-refractivity contribution in [2.24, 2.45) is 0 Å². The van der Waals surface area contributed by atoms with E-state index in [1.54, 1.807) is 17.5 Å². The molecular weight excluding hydrogens is 276 g/mol. The van der Waals surface area contributed by atoms with Crippen molar-refractivity contribution < 1.29 is 15.0 Å². The van der Waals surface area contributed by atoms with E-state index < -0.39 is 11.7 Å². The van der Waals surface area contributed by atoms with Gasteiger partial charge in [0.1, 0.15) is 0 Å². The molecule has 0 spiro atoms. The quantitative estimate of drug-likeness (QED) is 0.756. The first kappa shape index (κ1) is 14.3. The topological polar surface area (TPSA) is 82.5 Å². The van der Waals surface area contributed by atoms with E-state index in [-0.39, 0.29) is 17.2 Å². The van der Waals surface area contributed by atoms with Gasteiger partial charge >= 0.3 is 0 Å². The lowest BCUT2D eigenvalue weighted by Crippen LogP contribution is -2.27. The van der Waals surface area contributed by atoms with Crippen LogP contribution in [0, 0.1) is 6.92 Å². The number of nitrogens with zero attached hydrogens (tertiary/aromatic N) is 1. The zero-order valence-corrected chi connectivity index (χ0v) is 12.1. The molecule has 2 aromatic rings. The Kier molecular flexibility index (Phi) is 4.24. The van der Waals surface area contributed by atoms with Gasteiger partial charge in [0.2, 0.25) is 0 Å². The predicted molar refractivity (Wildman–Crippen MR) is 77.4 cm³/mol. The number of hydrogen-bond donors (Lipinski definition) is 3. The van der Waals surface area contributed by atoms with Crippen LogP contribution in [0.3, 0.4) is 0 Å². The SMILES string of the molecule is Cc1cnc(C(C)CNC(=O)c2cccc(O)c2O)s1. The number of phenols is 2. The zero-order valence-electron chi connectivity index (χ0n) is 11.3. The number of aryl methyl sites for hydroxylation is 1. The van der Waals surface area contributed by atoms with E-state index >= 15 is 0 Å². The summed E-state index contributed by atoms with van der Waals surface area (Å²) in [6.07, 6.45) is 1.80. The van der Waals surface area contributed by atoms with Crippen LogP contribution in [0.4, 0.5) is 0 Å². The third kappa shape index (κ3) is 3.08. The summed E-state index contributed by atoms with van der Waals surface area (Å²) in [5, 5.41) is 22.7. The van der Waals surface area contributed by atoms with Gasteiger partial charge in [-0.3, -0.25) is 4.79 Å². The van der Waals surface area contributed by atoms with Gasteiger partial charge in [0.05, 0.1) is 10.6 Å². The monoisotopic (exact) mass is 292 g/mol. The second-order valence-corrected chi connectivity index (χ2v) is 5.86. The third-order valence-electron chi connectivity index (χ3n) is 2.89. The number of aromatic hydroxyl groups is 2. The summed E-state index contributed by atoms with van der Waals surface area (Å²) in [6, 6.07) is 4.30. The molecule has 5 nitrogen and oxygen atoms in total. The molecule has 0 bridgehead atoms. The molecule has 0 saturated carbocycles. The number of carbonyl (C=O) groups excluding carboxylic acids is 1. The van der Waals surface area contributed by atoms with Gasteiger partial charge in [0.15, 0.2) is 11.5 Å². The van der Waals surface area contributed by atoms with Crippen LogP contribution >= 0.6 is 11.3 Å². The number of amides is 1. The molecule has 106 valence electrons. The van der Waals surface area contributed by atoms with Crippen molar-refractivity contribution in [2.45, 2.75) is 19.8 Å². The van der Waals surface area contributed by atoms with Crippen molar-refractivity contribution >= 4 is 17.2 Å². The molecule has 1 atom stereocenters. The van der Waals surface area contributed by atoms with E-state index in [2.05, 4.69) is 10.3 Å². The third-order valence-corrected chi connectivity index (χ3v) is 4.03. The van der Waals surface area contributed by atoms with Crippen LogP contribution in [0.5, 0.6) is 11.5 Å². The summed E-state index contributed by atoms with van der Waals surface area (Å²) in [6.45, 7) is 4.37. The molecule has 1 amide bonds. The predicted octanol–water partition coefficient (Wildman–Crippen LogP) is 2.40. The number of para-hydroxylation sites is 1. The van der Waals surface area contributed by atoms with Crippen molar-refractivity contribution in [3.63, 3.8) is 0 Å². The van der Waals surface area contributed by atoms with E-state index in [9.17, 15) is 15.0 Å². The van der Waals surface area contributed by atoms with E-state index in [4.69, 9.17) is 0 Å². The molecule has 0 aliphatic carbocycles. The van der Waals surface area contributed by atoms with Gasteiger partial charge in [0, 0.05) is 23.5 Å². The second-order valence-electron chi connectivity index (χ2n) is 4.59. The van der Waals surface area contributed by atoms with Crippen molar-refractivity contribution in [1.82, 2.24) is 10.3 Å². The lowest BCUT2D eigenvalue weighted by atomic mass is 10.1. The van der Waals surface area contributed by atoms with Gasteiger partial charge in [-0.15, -0.1) is 11.3 Å². The minimum atomic E-state index is -0.418. The first-order valence-corrected chi connectivity index (χ1v) is 7.02. The number of benzene rings is 1. The summed E-state index contributed by atoms with van der Waals surface area (Å²) >= 11 is 1.60. The average Bonchev–Trinajstić information content (AvgIpc) is 2.85. The Labute approximate surface area is 120 Å². The van der Waals surface area contributed by atoms with Crippen LogP contribution < -0.4 is 5.32 Å². The Morgan fingerprint density at radius 1 is 1.45 bits per heavy atom. The molecule has 1 heterocycles. The summed E-state index contributed by atoms with van der Waals surface area (Å²) in [4.78, 5) is 17.4. The first-order chi connectivity index (χ1) is 9.49. The van der Waals surface area contributed by atoms with Gasteiger partial charge in [-0.05, 0) is 19.1 Å². The number of rotatable bonds is 4. The maximum absolute atomic E-state index is 12.0. The molecule has 6 heteroatoms.